The highest BCUT2D eigenvalue weighted by Crippen LogP contribution is 2.45. The number of hydrogen-bond donors (Lipinski definition) is 1. The number of nitrogens with two attached hydrogens (primary N) is 1. The van der Waals surface area contributed by atoms with E-state index < -0.39 is 0 Å². The maximum absolute atomic E-state index is 5.88. The molecule has 14 heavy (non-hydrogen) atoms. The maximum Gasteiger partial charge on any atom is 0.191 e. The predicted molar refractivity (Wildman–Crippen MR) is 56.2 cm³/mol. The Bertz CT molecular complexity index is 250. The molecule has 4 heteroatoms. The molecule has 2 N–H and O–H groups in total. The predicted octanol–water partition coefficient (Wildman–Crippen LogP) is 0.432. The lowest BCUT2D eigenvalue weighted by Crippen LogP contribution is -2.55. The lowest BCUT2D eigenvalue weighted by atomic mass is 9.93. The summed E-state index contributed by atoms with van der Waals surface area (Å²) in [5.41, 5.74) is 5.96. The Morgan fingerprint density at radius 2 is 2.36 bits per heavy atom. The van der Waals surface area contributed by atoms with Crippen LogP contribution in [0.3, 0.4) is 0 Å². The van der Waals surface area contributed by atoms with Gasteiger partial charge < -0.3 is 15.4 Å². The van der Waals surface area contributed by atoms with Crippen molar-refractivity contribution < 1.29 is 4.74 Å². The number of rotatable bonds is 4. The third-order valence-corrected chi connectivity index (χ3v) is 3.38. The first-order valence-electron chi connectivity index (χ1n) is 5.31. The van der Waals surface area contributed by atoms with Crippen LogP contribution in [0, 0.1) is 5.92 Å². The van der Waals surface area contributed by atoms with E-state index >= 15 is 0 Å². The van der Waals surface area contributed by atoms with Gasteiger partial charge >= 0.3 is 0 Å². The summed E-state index contributed by atoms with van der Waals surface area (Å²) in [5.74, 6) is 1.42. The zero-order chi connectivity index (χ0) is 10.2. The SMILES string of the molecule is CCN1C(N)=NCC1(COC)C1CC1. The van der Waals surface area contributed by atoms with Gasteiger partial charge in [-0.05, 0) is 25.7 Å². The molecule has 80 valence electrons. The molecule has 0 bridgehead atoms. The van der Waals surface area contributed by atoms with E-state index in [-0.39, 0.29) is 5.54 Å². The molecule has 1 atom stereocenters. The summed E-state index contributed by atoms with van der Waals surface area (Å²) in [6.07, 6.45) is 2.59. The van der Waals surface area contributed by atoms with Crippen LogP contribution in [0.4, 0.5) is 0 Å². The Balaban J connectivity index is 2.18. The van der Waals surface area contributed by atoms with Crippen molar-refractivity contribution >= 4 is 5.96 Å². The van der Waals surface area contributed by atoms with Crippen molar-refractivity contribution in [2.24, 2.45) is 16.6 Å². The van der Waals surface area contributed by atoms with Gasteiger partial charge in [0.1, 0.15) is 0 Å². The normalized spacial score (nSPS) is 32.1. The number of likely N-dealkylation sites (N-methyl/N-ethyl adjacent to an activating group) is 1. The molecule has 1 heterocycles. The Morgan fingerprint density at radius 3 is 2.86 bits per heavy atom. The highest BCUT2D eigenvalue weighted by atomic mass is 16.5. The second kappa shape index (κ2) is 3.42. The first-order chi connectivity index (χ1) is 6.74. The van der Waals surface area contributed by atoms with Gasteiger partial charge in [-0.15, -0.1) is 0 Å². The molecule has 0 spiro atoms. The van der Waals surface area contributed by atoms with Gasteiger partial charge in [-0.1, -0.05) is 0 Å². The number of ether oxygens (including phenoxy) is 1. The highest BCUT2D eigenvalue weighted by Gasteiger charge is 2.52. The van der Waals surface area contributed by atoms with Crippen LogP contribution in [0.25, 0.3) is 0 Å². The van der Waals surface area contributed by atoms with Gasteiger partial charge in [0.15, 0.2) is 5.96 Å². The molecule has 0 aromatic carbocycles. The first-order valence-corrected chi connectivity index (χ1v) is 5.31. The van der Waals surface area contributed by atoms with Crippen LogP contribution in [-0.4, -0.2) is 43.2 Å². The Morgan fingerprint density at radius 1 is 1.64 bits per heavy atom. The summed E-state index contributed by atoms with van der Waals surface area (Å²) in [7, 11) is 1.76. The third-order valence-electron chi connectivity index (χ3n) is 3.38. The summed E-state index contributed by atoms with van der Waals surface area (Å²) in [6.45, 7) is 4.61. The maximum atomic E-state index is 5.88. The van der Waals surface area contributed by atoms with E-state index in [1.54, 1.807) is 7.11 Å². The van der Waals surface area contributed by atoms with E-state index in [1.807, 2.05) is 0 Å². The summed E-state index contributed by atoms with van der Waals surface area (Å²) >= 11 is 0. The van der Waals surface area contributed by atoms with Crippen LogP contribution in [0.1, 0.15) is 19.8 Å². The van der Waals surface area contributed by atoms with E-state index in [1.165, 1.54) is 12.8 Å². The van der Waals surface area contributed by atoms with Crippen molar-refractivity contribution in [1.82, 2.24) is 4.90 Å². The van der Waals surface area contributed by atoms with Gasteiger partial charge in [-0.2, -0.15) is 0 Å². The fourth-order valence-electron chi connectivity index (χ4n) is 2.56. The number of aliphatic imine (C=N–C) groups is 1. The molecule has 0 radical (unpaired) electrons. The van der Waals surface area contributed by atoms with E-state index in [0.717, 1.165) is 25.6 Å². The van der Waals surface area contributed by atoms with Crippen molar-refractivity contribution in [3.05, 3.63) is 0 Å². The molecule has 1 fully saturated rings. The van der Waals surface area contributed by atoms with Gasteiger partial charge in [0.25, 0.3) is 0 Å². The van der Waals surface area contributed by atoms with Gasteiger partial charge in [-0.3, -0.25) is 4.99 Å². The molecule has 0 saturated heterocycles. The molecule has 2 aliphatic rings. The molecule has 0 amide bonds. The standard InChI is InChI=1S/C10H19N3O/c1-3-13-9(11)12-6-10(13,7-14-2)8-4-5-8/h8H,3-7H2,1-2H3,(H2,11,12). The minimum atomic E-state index is 0.0770. The average molecular weight is 197 g/mol. The topological polar surface area (TPSA) is 50.8 Å². The molecule has 1 unspecified atom stereocenters. The first kappa shape index (κ1) is 9.77. The fraction of sp³-hybridized carbons (Fsp3) is 0.900. The highest BCUT2D eigenvalue weighted by molar-refractivity contribution is 5.81. The van der Waals surface area contributed by atoms with E-state index in [0.29, 0.717) is 5.96 Å². The van der Waals surface area contributed by atoms with E-state index in [9.17, 15) is 0 Å². The van der Waals surface area contributed by atoms with Crippen LogP contribution in [-0.2, 0) is 4.74 Å². The fourth-order valence-corrected chi connectivity index (χ4v) is 2.56. The van der Waals surface area contributed by atoms with Crippen molar-refractivity contribution in [2.75, 3.05) is 26.8 Å². The lowest BCUT2D eigenvalue weighted by Gasteiger charge is -2.38. The van der Waals surface area contributed by atoms with Gasteiger partial charge in [0.2, 0.25) is 0 Å². The largest absolute Gasteiger partial charge is 0.382 e. The van der Waals surface area contributed by atoms with Crippen molar-refractivity contribution in [1.29, 1.82) is 0 Å². The Hall–Kier alpha value is -0.770. The Kier molecular flexibility index (Phi) is 2.39. The second-order valence-electron chi connectivity index (χ2n) is 4.23. The summed E-state index contributed by atoms with van der Waals surface area (Å²) in [4.78, 5) is 6.58. The van der Waals surface area contributed by atoms with Crippen LogP contribution in [0.15, 0.2) is 4.99 Å². The number of guanidine groups is 1. The molecule has 4 nitrogen and oxygen atoms in total. The number of hydrogen-bond acceptors (Lipinski definition) is 4. The van der Waals surface area contributed by atoms with Crippen LogP contribution in [0.2, 0.25) is 0 Å². The zero-order valence-electron chi connectivity index (χ0n) is 8.99. The molecule has 1 saturated carbocycles. The molecule has 1 aliphatic heterocycles. The summed E-state index contributed by atoms with van der Waals surface area (Å²) in [6, 6.07) is 0. The molecule has 1 aliphatic carbocycles. The minimum absolute atomic E-state index is 0.0770. The molecule has 0 aromatic rings. The van der Waals surface area contributed by atoms with Crippen LogP contribution < -0.4 is 5.73 Å². The van der Waals surface area contributed by atoms with Crippen LogP contribution >= 0.6 is 0 Å². The monoisotopic (exact) mass is 197 g/mol. The van der Waals surface area contributed by atoms with E-state index in [2.05, 4.69) is 16.8 Å². The molecule has 0 aromatic heterocycles. The number of nitrogens with zero attached hydrogens (tertiary/aromatic N) is 2. The van der Waals surface area contributed by atoms with Gasteiger partial charge in [-0.25, -0.2) is 0 Å². The summed E-state index contributed by atoms with van der Waals surface area (Å²) < 4.78 is 5.34. The van der Waals surface area contributed by atoms with Gasteiger partial charge in [0.05, 0.1) is 18.7 Å². The Labute approximate surface area is 85.1 Å². The minimum Gasteiger partial charge on any atom is -0.382 e. The van der Waals surface area contributed by atoms with Crippen molar-refractivity contribution in [3.8, 4) is 0 Å². The molecular weight excluding hydrogens is 178 g/mol. The molecule has 2 rings (SSSR count). The summed E-state index contributed by atoms with van der Waals surface area (Å²) in [5, 5.41) is 0. The van der Waals surface area contributed by atoms with Crippen molar-refractivity contribution in [3.63, 3.8) is 0 Å². The number of methoxy groups -OCH3 is 1. The molecular formula is C10H19N3O. The average Bonchev–Trinajstić information content (AvgIpc) is 2.95. The lowest BCUT2D eigenvalue weighted by molar-refractivity contribution is 0.0531. The smallest absolute Gasteiger partial charge is 0.191 e. The van der Waals surface area contributed by atoms with Gasteiger partial charge in [0, 0.05) is 13.7 Å². The quantitative estimate of drug-likeness (QED) is 0.711. The van der Waals surface area contributed by atoms with Crippen LogP contribution in [0.5, 0.6) is 0 Å². The van der Waals surface area contributed by atoms with E-state index in [4.69, 9.17) is 10.5 Å². The second-order valence-corrected chi connectivity index (χ2v) is 4.23. The third kappa shape index (κ3) is 1.29. The van der Waals surface area contributed by atoms with Crippen molar-refractivity contribution in [2.45, 2.75) is 25.3 Å². The zero-order valence-corrected chi connectivity index (χ0v) is 8.99.